The van der Waals surface area contributed by atoms with Crippen molar-refractivity contribution in [3.63, 3.8) is 0 Å². The zero-order valence-corrected chi connectivity index (χ0v) is 15.1. The van der Waals surface area contributed by atoms with Gasteiger partial charge in [-0.05, 0) is 37.0 Å². The van der Waals surface area contributed by atoms with Gasteiger partial charge >= 0.3 is 0 Å². The Balaban J connectivity index is 1.48. The van der Waals surface area contributed by atoms with Crippen LogP contribution in [0.5, 0.6) is 0 Å². The van der Waals surface area contributed by atoms with Crippen molar-refractivity contribution in [3.05, 3.63) is 33.8 Å². The van der Waals surface area contributed by atoms with Gasteiger partial charge in [-0.15, -0.1) is 0 Å². The number of halogens is 2. The number of rotatable bonds is 5. The van der Waals surface area contributed by atoms with Gasteiger partial charge in [0.1, 0.15) is 0 Å². The van der Waals surface area contributed by atoms with Gasteiger partial charge in [-0.3, -0.25) is 9.59 Å². The summed E-state index contributed by atoms with van der Waals surface area (Å²) in [4.78, 5) is 26.4. The topological polar surface area (TPSA) is 49.4 Å². The molecule has 24 heavy (non-hydrogen) atoms. The summed E-state index contributed by atoms with van der Waals surface area (Å²) in [5.74, 6) is -0.129. The van der Waals surface area contributed by atoms with Crippen LogP contribution >= 0.6 is 23.2 Å². The highest BCUT2D eigenvalue weighted by molar-refractivity contribution is 6.35. The number of benzene rings is 1. The summed E-state index contributed by atoms with van der Waals surface area (Å²) in [6, 6.07) is 5.72. The van der Waals surface area contributed by atoms with E-state index in [9.17, 15) is 9.59 Å². The van der Waals surface area contributed by atoms with Crippen LogP contribution in [0.25, 0.3) is 0 Å². The van der Waals surface area contributed by atoms with Crippen molar-refractivity contribution >= 4 is 35.0 Å². The van der Waals surface area contributed by atoms with Crippen molar-refractivity contribution in [1.29, 1.82) is 0 Å². The van der Waals surface area contributed by atoms with Gasteiger partial charge in [0.25, 0.3) is 0 Å². The minimum Gasteiger partial charge on any atom is -0.355 e. The van der Waals surface area contributed by atoms with Crippen molar-refractivity contribution in [3.8, 4) is 0 Å². The van der Waals surface area contributed by atoms with Crippen LogP contribution in [0.4, 0.5) is 0 Å². The van der Waals surface area contributed by atoms with Crippen molar-refractivity contribution in [2.45, 2.75) is 44.6 Å². The summed E-state index contributed by atoms with van der Waals surface area (Å²) >= 11 is 12.0. The first-order valence-electron chi connectivity index (χ1n) is 8.55. The lowest BCUT2D eigenvalue weighted by Crippen LogP contribution is -2.37. The first-order chi connectivity index (χ1) is 11.5. The molecule has 1 N–H and O–H groups in total. The summed E-state index contributed by atoms with van der Waals surface area (Å²) in [6.07, 6.45) is 5.52. The molecule has 3 rings (SSSR count). The number of nitrogens with zero attached hydrogens (tertiary/aromatic N) is 1. The SMILES string of the molecule is O=C(NCCc1ccc(Cl)cc1Cl)C1CC(=O)N(C2CCCC2)C1. The minimum absolute atomic E-state index is 0.0334. The number of carbonyl (C=O) groups is 2. The van der Waals surface area contributed by atoms with E-state index in [-0.39, 0.29) is 17.7 Å². The van der Waals surface area contributed by atoms with Gasteiger partial charge in [0, 0.05) is 35.6 Å². The lowest BCUT2D eigenvalue weighted by molar-refractivity contribution is -0.130. The van der Waals surface area contributed by atoms with Gasteiger partial charge in [0.05, 0.1) is 5.92 Å². The molecule has 0 radical (unpaired) electrons. The molecule has 6 heteroatoms. The second-order valence-electron chi connectivity index (χ2n) is 6.66. The van der Waals surface area contributed by atoms with Crippen LogP contribution in [-0.4, -0.2) is 35.8 Å². The Hall–Kier alpha value is -1.26. The fourth-order valence-corrected chi connectivity index (χ4v) is 4.17. The predicted molar refractivity (Wildman–Crippen MR) is 95.3 cm³/mol. The number of carbonyl (C=O) groups excluding carboxylic acids is 2. The maximum atomic E-state index is 12.3. The van der Waals surface area contributed by atoms with E-state index in [4.69, 9.17) is 23.2 Å². The standard InChI is InChI=1S/C18H22Cl2N2O2/c19-14-6-5-12(16(20)10-14)7-8-21-18(24)13-9-17(23)22(11-13)15-3-1-2-4-15/h5-6,10,13,15H,1-4,7-9,11H2,(H,21,24). The van der Waals surface area contributed by atoms with Gasteiger partial charge in [-0.1, -0.05) is 42.1 Å². The highest BCUT2D eigenvalue weighted by Gasteiger charge is 2.38. The van der Waals surface area contributed by atoms with Crippen LogP contribution in [-0.2, 0) is 16.0 Å². The molecule has 0 spiro atoms. The van der Waals surface area contributed by atoms with E-state index >= 15 is 0 Å². The van der Waals surface area contributed by atoms with Crippen molar-refractivity contribution in [2.75, 3.05) is 13.1 Å². The Morgan fingerprint density at radius 2 is 2.00 bits per heavy atom. The number of amides is 2. The van der Waals surface area contributed by atoms with E-state index in [0.717, 1.165) is 18.4 Å². The number of hydrogen-bond acceptors (Lipinski definition) is 2. The molecule has 1 saturated carbocycles. The third-order valence-corrected chi connectivity index (χ3v) is 5.59. The Bertz CT molecular complexity index is 629. The molecule has 1 unspecified atom stereocenters. The van der Waals surface area contributed by atoms with E-state index in [1.807, 2.05) is 11.0 Å². The molecule has 1 atom stereocenters. The van der Waals surface area contributed by atoms with Gasteiger partial charge < -0.3 is 10.2 Å². The van der Waals surface area contributed by atoms with Gasteiger partial charge in [0.2, 0.25) is 11.8 Å². The molecular formula is C18H22Cl2N2O2. The zero-order chi connectivity index (χ0) is 17.1. The number of likely N-dealkylation sites (tertiary alicyclic amines) is 1. The molecule has 1 heterocycles. The molecule has 1 aromatic carbocycles. The first kappa shape index (κ1) is 17.6. The van der Waals surface area contributed by atoms with Gasteiger partial charge in [0.15, 0.2) is 0 Å². The summed E-state index contributed by atoms with van der Waals surface area (Å²) < 4.78 is 0. The molecule has 4 nitrogen and oxygen atoms in total. The highest BCUT2D eigenvalue weighted by atomic mass is 35.5. The fourth-order valence-electron chi connectivity index (χ4n) is 3.67. The Labute approximate surface area is 152 Å². The second-order valence-corrected chi connectivity index (χ2v) is 7.51. The molecule has 2 fully saturated rings. The quantitative estimate of drug-likeness (QED) is 0.865. The van der Waals surface area contributed by atoms with Crippen LogP contribution in [0, 0.1) is 5.92 Å². The molecule has 0 aromatic heterocycles. The summed E-state index contributed by atoms with van der Waals surface area (Å²) in [5.41, 5.74) is 0.955. The molecule has 1 saturated heterocycles. The molecule has 2 aliphatic rings. The van der Waals surface area contributed by atoms with E-state index in [0.29, 0.717) is 42.0 Å². The molecule has 0 bridgehead atoms. The van der Waals surface area contributed by atoms with E-state index < -0.39 is 0 Å². The summed E-state index contributed by atoms with van der Waals surface area (Å²) in [6.45, 7) is 1.07. The number of nitrogens with one attached hydrogen (secondary N) is 1. The van der Waals surface area contributed by atoms with Crippen molar-refractivity contribution in [1.82, 2.24) is 10.2 Å². The van der Waals surface area contributed by atoms with Gasteiger partial charge in [-0.25, -0.2) is 0 Å². The second kappa shape index (κ2) is 7.75. The zero-order valence-electron chi connectivity index (χ0n) is 13.6. The average molecular weight is 369 g/mol. The maximum absolute atomic E-state index is 12.3. The van der Waals surface area contributed by atoms with Crippen molar-refractivity contribution in [2.24, 2.45) is 5.92 Å². The predicted octanol–water partition coefficient (Wildman–Crippen LogP) is 3.44. The Morgan fingerprint density at radius 3 is 2.71 bits per heavy atom. The summed E-state index contributed by atoms with van der Waals surface area (Å²) in [7, 11) is 0. The Kier molecular flexibility index (Phi) is 5.67. The molecule has 2 amide bonds. The largest absolute Gasteiger partial charge is 0.355 e. The molecule has 1 aliphatic carbocycles. The summed E-state index contributed by atoms with van der Waals surface area (Å²) in [5, 5.41) is 4.15. The van der Waals surface area contributed by atoms with Crippen LogP contribution in [0.3, 0.4) is 0 Å². The minimum atomic E-state index is -0.223. The fraction of sp³-hybridized carbons (Fsp3) is 0.556. The third-order valence-electron chi connectivity index (χ3n) is 5.00. The van der Waals surface area contributed by atoms with Crippen LogP contribution in [0.15, 0.2) is 18.2 Å². The molecule has 1 aromatic rings. The molecular weight excluding hydrogens is 347 g/mol. The maximum Gasteiger partial charge on any atom is 0.225 e. The average Bonchev–Trinajstić information content (AvgIpc) is 3.18. The lowest BCUT2D eigenvalue weighted by atomic mass is 10.1. The third kappa shape index (κ3) is 4.04. The normalized spacial score (nSPS) is 21.5. The molecule has 1 aliphatic heterocycles. The van der Waals surface area contributed by atoms with E-state index in [1.165, 1.54) is 12.8 Å². The first-order valence-corrected chi connectivity index (χ1v) is 9.31. The van der Waals surface area contributed by atoms with Crippen molar-refractivity contribution < 1.29 is 9.59 Å². The Morgan fingerprint density at radius 1 is 1.25 bits per heavy atom. The molecule has 130 valence electrons. The number of hydrogen-bond donors (Lipinski definition) is 1. The highest BCUT2D eigenvalue weighted by Crippen LogP contribution is 2.29. The van der Waals surface area contributed by atoms with E-state index in [1.54, 1.807) is 12.1 Å². The smallest absolute Gasteiger partial charge is 0.225 e. The van der Waals surface area contributed by atoms with Crippen LogP contribution in [0.2, 0.25) is 10.0 Å². The van der Waals surface area contributed by atoms with Crippen LogP contribution < -0.4 is 5.32 Å². The van der Waals surface area contributed by atoms with E-state index in [2.05, 4.69) is 5.32 Å². The monoisotopic (exact) mass is 368 g/mol. The van der Waals surface area contributed by atoms with Gasteiger partial charge in [-0.2, -0.15) is 0 Å². The lowest BCUT2D eigenvalue weighted by Gasteiger charge is -2.23. The van der Waals surface area contributed by atoms with Crippen LogP contribution in [0.1, 0.15) is 37.7 Å².